The molecule has 1 N–H and O–H groups in total. The summed E-state index contributed by atoms with van der Waals surface area (Å²) in [7, 11) is -3.78. The van der Waals surface area contributed by atoms with E-state index >= 15 is 0 Å². The van der Waals surface area contributed by atoms with Crippen molar-refractivity contribution in [3.05, 3.63) is 60.0 Å². The Morgan fingerprint density at radius 3 is 2.62 bits per heavy atom. The first kappa shape index (κ1) is 13.6. The molecule has 5 nitrogen and oxygen atoms in total. The number of para-hydroxylation sites is 2. The minimum Gasteiger partial charge on any atom is -0.356 e. The second-order valence-corrected chi connectivity index (χ2v) is 6.19. The van der Waals surface area contributed by atoms with E-state index in [0.29, 0.717) is 11.0 Å². The normalized spacial score (nSPS) is 11.7. The largest absolute Gasteiger partial charge is 0.356 e. The van der Waals surface area contributed by atoms with E-state index < -0.39 is 21.6 Å². The van der Waals surface area contributed by atoms with Crippen LogP contribution in [0.4, 0.5) is 10.1 Å². The van der Waals surface area contributed by atoms with Gasteiger partial charge in [0.1, 0.15) is 17.3 Å². The van der Waals surface area contributed by atoms with Gasteiger partial charge in [0.15, 0.2) is 5.58 Å². The summed E-state index contributed by atoms with van der Waals surface area (Å²) in [5, 5.41) is 4.38. The third kappa shape index (κ3) is 2.87. The Labute approximate surface area is 120 Å². The van der Waals surface area contributed by atoms with Crippen molar-refractivity contribution in [1.82, 2.24) is 5.16 Å². The molecule has 21 heavy (non-hydrogen) atoms. The van der Waals surface area contributed by atoms with E-state index in [0.717, 1.165) is 0 Å². The Kier molecular flexibility index (Phi) is 3.34. The van der Waals surface area contributed by atoms with Crippen LogP contribution in [0.1, 0.15) is 5.69 Å². The lowest BCUT2D eigenvalue weighted by molar-refractivity contribution is 0.448. The molecular weight excluding hydrogens is 295 g/mol. The second-order valence-electron chi connectivity index (χ2n) is 4.47. The zero-order valence-electron chi connectivity index (χ0n) is 10.8. The zero-order valence-corrected chi connectivity index (χ0v) is 11.6. The molecule has 0 aliphatic rings. The van der Waals surface area contributed by atoms with Crippen molar-refractivity contribution >= 4 is 26.7 Å². The van der Waals surface area contributed by atoms with Crippen molar-refractivity contribution in [1.29, 1.82) is 0 Å². The third-order valence-electron chi connectivity index (χ3n) is 2.92. The van der Waals surface area contributed by atoms with Gasteiger partial charge in [-0.05, 0) is 24.3 Å². The van der Waals surface area contributed by atoms with Crippen LogP contribution in [0.5, 0.6) is 0 Å². The first-order valence-corrected chi connectivity index (χ1v) is 7.79. The summed E-state index contributed by atoms with van der Waals surface area (Å²) in [6, 6.07) is 12.5. The van der Waals surface area contributed by atoms with Gasteiger partial charge in [-0.25, -0.2) is 12.8 Å². The molecule has 0 atom stereocenters. The van der Waals surface area contributed by atoms with Crippen LogP contribution in [0.25, 0.3) is 11.0 Å². The predicted octanol–water partition coefficient (Wildman–Crippen LogP) is 2.91. The fourth-order valence-electron chi connectivity index (χ4n) is 1.97. The number of sulfonamides is 1. The van der Waals surface area contributed by atoms with Gasteiger partial charge in [0.05, 0.1) is 5.69 Å². The Bertz CT molecular complexity index is 890. The van der Waals surface area contributed by atoms with Gasteiger partial charge in [-0.3, -0.25) is 4.72 Å². The molecule has 108 valence electrons. The van der Waals surface area contributed by atoms with Crippen LogP contribution >= 0.6 is 0 Å². The van der Waals surface area contributed by atoms with Crippen LogP contribution in [0.2, 0.25) is 0 Å². The summed E-state index contributed by atoms with van der Waals surface area (Å²) < 4.78 is 45.0. The Morgan fingerprint density at radius 1 is 1.10 bits per heavy atom. The summed E-state index contributed by atoms with van der Waals surface area (Å²) in [4.78, 5) is 0. The van der Waals surface area contributed by atoms with Crippen molar-refractivity contribution in [2.75, 3.05) is 4.72 Å². The van der Waals surface area contributed by atoms with Gasteiger partial charge >= 0.3 is 0 Å². The molecule has 3 aromatic rings. The molecule has 1 aromatic heterocycles. The van der Waals surface area contributed by atoms with Gasteiger partial charge in [0, 0.05) is 5.39 Å². The van der Waals surface area contributed by atoms with Crippen molar-refractivity contribution in [2.45, 2.75) is 5.75 Å². The molecule has 0 bridgehead atoms. The molecule has 0 spiro atoms. The number of hydrogen-bond acceptors (Lipinski definition) is 4. The number of nitrogens with one attached hydrogen (secondary N) is 1. The van der Waals surface area contributed by atoms with E-state index in [1.54, 1.807) is 30.3 Å². The molecule has 0 radical (unpaired) electrons. The number of benzene rings is 2. The molecule has 3 rings (SSSR count). The SMILES string of the molecule is O=S(=O)(Cc1noc2ccccc12)Nc1ccccc1F. The van der Waals surface area contributed by atoms with E-state index in [2.05, 4.69) is 9.88 Å². The summed E-state index contributed by atoms with van der Waals surface area (Å²) in [5.74, 6) is -1.02. The molecule has 0 saturated heterocycles. The maximum absolute atomic E-state index is 13.5. The lowest BCUT2D eigenvalue weighted by atomic mass is 10.2. The quantitative estimate of drug-likeness (QED) is 0.804. The fraction of sp³-hybridized carbons (Fsp3) is 0.0714. The van der Waals surface area contributed by atoms with Gasteiger partial charge in [-0.1, -0.05) is 29.4 Å². The average molecular weight is 306 g/mol. The smallest absolute Gasteiger partial charge is 0.238 e. The number of anilines is 1. The highest BCUT2D eigenvalue weighted by Gasteiger charge is 2.18. The molecule has 0 amide bonds. The highest BCUT2D eigenvalue weighted by molar-refractivity contribution is 7.91. The number of nitrogens with zero attached hydrogens (tertiary/aromatic N) is 1. The molecule has 7 heteroatoms. The lowest BCUT2D eigenvalue weighted by Crippen LogP contribution is -2.16. The minimum absolute atomic E-state index is 0.0923. The maximum Gasteiger partial charge on any atom is 0.238 e. The Balaban J connectivity index is 1.88. The Hall–Kier alpha value is -2.41. The van der Waals surface area contributed by atoms with Crippen molar-refractivity contribution in [3.63, 3.8) is 0 Å². The zero-order chi connectivity index (χ0) is 14.9. The molecule has 0 unspecified atom stereocenters. The van der Waals surface area contributed by atoms with Crippen molar-refractivity contribution < 1.29 is 17.3 Å². The van der Waals surface area contributed by atoms with Gasteiger partial charge in [0.25, 0.3) is 0 Å². The number of hydrogen-bond donors (Lipinski definition) is 1. The van der Waals surface area contributed by atoms with Crippen LogP contribution in [0.15, 0.2) is 53.1 Å². The minimum atomic E-state index is -3.78. The molecule has 0 aliphatic heterocycles. The number of fused-ring (bicyclic) bond motifs is 1. The van der Waals surface area contributed by atoms with Gasteiger partial charge in [0.2, 0.25) is 10.0 Å². The molecule has 1 heterocycles. The van der Waals surface area contributed by atoms with E-state index in [4.69, 9.17) is 4.52 Å². The first-order chi connectivity index (χ1) is 10.1. The first-order valence-electron chi connectivity index (χ1n) is 6.13. The van der Waals surface area contributed by atoms with Crippen LogP contribution in [0, 0.1) is 5.82 Å². The fourth-order valence-corrected chi connectivity index (χ4v) is 3.11. The van der Waals surface area contributed by atoms with E-state index in [1.807, 2.05) is 0 Å². The predicted molar refractivity (Wildman–Crippen MR) is 76.7 cm³/mol. The molecule has 2 aromatic carbocycles. The molecular formula is C14H11FN2O3S. The highest BCUT2D eigenvalue weighted by Crippen LogP contribution is 2.21. The molecule has 0 aliphatic carbocycles. The van der Waals surface area contributed by atoms with Gasteiger partial charge < -0.3 is 4.52 Å². The van der Waals surface area contributed by atoms with Crippen LogP contribution < -0.4 is 4.72 Å². The second kappa shape index (κ2) is 5.17. The number of halogens is 1. The molecule has 0 saturated carbocycles. The summed E-state index contributed by atoms with van der Waals surface area (Å²) in [6.07, 6.45) is 0. The van der Waals surface area contributed by atoms with Gasteiger partial charge in [-0.15, -0.1) is 0 Å². The Morgan fingerprint density at radius 2 is 1.81 bits per heavy atom. The van der Waals surface area contributed by atoms with Crippen molar-refractivity contribution in [2.24, 2.45) is 0 Å². The van der Waals surface area contributed by atoms with E-state index in [9.17, 15) is 12.8 Å². The van der Waals surface area contributed by atoms with Crippen LogP contribution in [-0.2, 0) is 15.8 Å². The van der Waals surface area contributed by atoms with Crippen LogP contribution in [0.3, 0.4) is 0 Å². The third-order valence-corrected chi connectivity index (χ3v) is 4.10. The average Bonchev–Trinajstić information content (AvgIpc) is 2.84. The number of rotatable bonds is 4. The van der Waals surface area contributed by atoms with Gasteiger partial charge in [-0.2, -0.15) is 0 Å². The summed E-state index contributed by atoms with van der Waals surface area (Å²) in [5.41, 5.74) is 0.702. The standard InChI is InChI=1S/C14H11FN2O3S/c15-11-6-2-3-7-12(11)17-21(18,19)9-13-10-5-1-4-8-14(10)20-16-13/h1-8,17H,9H2. The highest BCUT2D eigenvalue weighted by atomic mass is 32.2. The van der Waals surface area contributed by atoms with E-state index in [-0.39, 0.29) is 11.4 Å². The summed E-state index contributed by atoms with van der Waals surface area (Å²) >= 11 is 0. The number of aromatic nitrogens is 1. The monoisotopic (exact) mass is 306 g/mol. The maximum atomic E-state index is 13.5. The molecule has 0 fully saturated rings. The summed E-state index contributed by atoms with van der Waals surface area (Å²) in [6.45, 7) is 0. The lowest BCUT2D eigenvalue weighted by Gasteiger charge is -2.07. The van der Waals surface area contributed by atoms with Crippen molar-refractivity contribution in [3.8, 4) is 0 Å². The van der Waals surface area contributed by atoms with Crippen LogP contribution in [-0.4, -0.2) is 13.6 Å². The van der Waals surface area contributed by atoms with E-state index in [1.165, 1.54) is 18.2 Å². The topological polar surface area (TPSA) is 72.2 Å².